The van der Waals surface area contributed by atoms with Crippen molar-refractivity contribution in [1.29, 1.82) is 0 Å². The van der Waals surface area contributed by atoms with Gasteiger partial charge in [0.25, 0.3) is 0 Å². The molecule has 2 saturated heterocycles. The third-order valence-corrected chi connectivity index (χ3v) is 5.73. The van der Waals surface area contributed by atoms with Gasteiger partial charge in [0.2, 0.25) is 0 Å². The summed E-state index contributed by atoms with van der Waals surface area (Å²) in [7, 11) is 0. The molecule has 3 nitrogen and oxygen atoms in total. The minimum absolute atomic E-state index is 0.0613. The monoisotopic (exact) mass is 259 g/mol. The summed E-state index contributed by atoms with van der Waals surface area (Å²) in [5, 5.41) is 6.13. The maximum absolute atomic E-state index is 4.53. The Kier molecular flexibility index (Phi) is 2.95. The van der Waals surface area contributed by atoms with Gasteiger partial charge < -0.3 is 5.32 Å². The molecule has 1 aromatic heterocycles. The van der Waals surface area contributed by atoms with Gasteiger partial charge >= 0.3 is 0 Å². The van der Waals surface area contributed by atoms with E-state index in [9.17, 15) is 0 Å². The minimum atomic E-state index is 0.0613. The molecular formula is C9H13N3S3. The third-order valence-electron chi connectivity index (χ3n) is 2.91. The van der Waals surface area contributed by atoms with Crippen LogP contribution in [-0.2, 0) is 5.54 Å². The standard InChI is InChI=1S/C9H13N3S3/c1-4-14-11-7(1)9(2-5-15-12-9)8-10-3-6-13-8/h1,4,8,10,12H,2-3,5-6H2. The van der Waals surface area contributed by atoms with E-state index in [2.05, 4.69) is 25.9 Å². The topological polar surface area (TPSA) is 37.0 Å². The Bertz CT molecular complexity index is 315. The number of thioether (sulfide) groups is 1. The Labute approximate surface area is 102 Å². The summed E-state index contributed by atoms with van der Waals surface area (Å²) in [6.07, 6.45) is 1.17. The van der Waals surface area contributed by atoms with Crippen LogP contribution in [0.25, 0.3) is 0 Å². The van der Waals surface area contributed by atoms with Crippen LogP contribution in [-0.4, -0.2) is 27.8 Å². The first kappa shape index (κ1) is 10.4. The fourth-order valence-corrected chi connectivity index (χ4v) is 5.19. The zero-order valence-electron chi connectivity index (χ0n) is 8.23. The van der Waals surface area contributed by atoms with Crippen LogP contribution in [0.1, 0.15) is 12.1 Å². The Morgan fingerprint density at radius 3 is 3.07 bits per heavy atom. The Morgan fingerprint density at radius 1 is 1.47 bits per heavy atom. The van der Waals surface area contributed by atoms with E-state index in [-0.39, 0.29) is 5.54 Å². The van der Waals surface area contributed by atoms with Gasteiger partial charge in [0, 0.05) is 23.4 Å². The molecule has 0 radical (unpaired) electrons. The van der Waals surface area contributed by atoms with Crippen LogP contribution in [0.3, 0.4) is 0 Å². The molecule has 3 heterocycles. The number of nitrogens with one attached hydrogen (secondary N) is 2. The number of rotatable bonds is 2. The lowest BCUT2D eigenvalue weighted by Crippen LogP contribution is -2.49. The second-order valence-corrected chi connectivity index (χ2v) is 6.54. The highest BCUT2D eigenvalue weighted by Crippen LogP contribution is 2.42. The van der Waals surface area contributed by atoms with Crippen molar-refractivity contribution < 1.29 is 0 Å². The van der Waals surface area contributed by atoms with E-state index in [4.69, 9.17) is 0 Å². The average Bonchev–Trinajstić information content (AvgIpc) is 3.02. The molecule has 2 fully saturated rings. The van der Waals surface area contributed by atoms with Gasteiger partial charge in [-0.05, 0) is 24.0 Å². The van der Waals surface area contributed by atoms with Crippen molar-refractivity contribution in [3.05, 3.63) is 17.1 Å². The Balaban J connectivity index is 1.94. The first-order chi connectivity index (χ1) is 7.42. The van der Waals surface area contributed by atoms with Crippen LogP contribution < -0.4 is 10.0 Å². The number of aromatic nitrogens is 1. The van der Waals surface area contributed by atoms with Gasteiger partial charge in [-0.15, -0.1) is 11.8 Å². The van der Waals surface area contributed by atoms with Crippen molar-refractivity contribution in [2.75, 3.05) is 18.1 Å². The minimum Gasteiger partial charge on any atom is -0.303 e. The summed E-state index contributed by atoms with van der Waals surface area (Å²) in [5.41, 5.74) is 1.27. The summed E-state index contributed by atoms with van der Waals surface area (Å²) in [6.45, 7) is 1.12. The average molecular weight is 259 g/mol. The smallest absolute Gasteiger partial charge is 0.0966 e. The first-order valence-electron chi connectivity index (χ1n) is 5.07. The predicted octanol–water partition coefficient (Wildman–Crippen LogP) is 1.64. The lowest BCUT2D eigenvalue weighted by atomic mass is 9.93. The Morgan fingerprint density at radius 2 is 2.47 bits per heavy atom. The largest absolute Gasteiger partial charge is 0.303 e. The molecule has 15 heavy (non-hydrogen) atoms. The molecule has 82 valence electrons. The molecule has 0 amide bonds. The van der Waals surface area contributed by atoms with Gasteiger partial charge in [0.05, 0.1) is 16.6 Å². The van der Waals surface area contributed by atoms with Crippen LogP contribution in [0.5, 0.6) is 0 Å². The van der Waals surface area contributed by atoms with Gasteiger partial charge in [-0.25, -0.2) is 4.72 Å². The van der Waals surface area contributed by atoms with E-state index in [1.165, 1.54) is 23.6 Å². The van der Waals surface area contributed by atoms with E-state index >= 15 is 0 Å². The van der Waals surface area contributed by atoms with Crippen molar-refractivity contribution in [1.82, 2.24) is 14.4 Å². The summed E-state index contributed by atoms with van der Waals surface area (Å²) in [6, 6.07) is 2.16. The van der Waals surface area contributed by atoms with Crippen LogP contribution >= 0.6 is 35.2 Å². The van der Waals surface area contributed by atoms with Gasteiger partial charge in [0.1, 0.15) is 0 Å². The third kappa shape index (κ3) is 1.72. The molecule has 0 aromatic carbocycles. The van der Waals surface area contributed by atoms with Gasteiger partial charge in [-0.2, -0.15) is 4.37 Å². The molecule has 0 aliphatic carbocycles. The van der Waals surface area contributed by atoms with Crippen molar-refractivity contribution in [2.24, 2.45) is 0 Å². The molecule has 3 rings (SSSR count). The number of hydrogen-bond acceptors (Lipinski definition) is 6. The molecule has 0 saturated carbocycles. The summed E-state index contributed by atoms with van der Waals surface area (Å²) < 4.78 is 8.12. The maximum Gasteiger partial charge on any atom is 0.0966 e. The molecule has 1 aromatic rings. The van der Waals surface area contributed by atoms with Gasteiger partial charge in [-0.3, -0.25) is 0 Å². The van der Waals surface area contributed by atoms with Crippen LogP contribution in [0.15, 0.2) is 11.4 Å². The quantitative estimate of drug-likeness (QED) is 0.790. The van der Waals surface area contributed by atoms with Crippen molar-refractivity contribution in [3.63, 3.8) is 0 Å². The summed E-state index contributed by atoms with van der Waals surface area (Å²) in [4.78, 5) is 0. The Hall–Kier alpha value is 0.250. The normalized spacial score (nSPS) is 36.1. The van der Waals surface area contributed by atoms with Crippen LogP contribution in [0.4, 0.5) is 0 Å². The molecule has 2 aliphatic rings. The predicted molar refractivity (Wildman–Crippen MR) is 68.3 cm³/mol. The summed E-state index contributed by atoms with van der Waals surface area (Å²) >= 11 is 5.39. The highest BCUT2D eigenvalue weighted by molar-refractivity contribution is 8.00. The van der Waals surface area contributed by atoms with Crippen LogP contribution in [0, 0.1) is 0 Å². The fourth-order valence-electron chi connectivity index (χ4n) is 2.13. The van der Waals surface area contributed by atoms with Crippen molar-refractivity contribution in [2.45, 2.75) is 17.3 Å². The fraction of sp³-hybridized carbons (Fsp3) is 0.667. The molecule has 2 unspecified atom stereocenters. The molecule has 0 bridgehead atoms. The molecular weight excluding hydrogens is 246 g/mol. The second-order valence-electron chi connectivity index (χ2n) is 3.76. The molecule has 6 heteroatoms. The zero-order valence-corrected chi connectivity index (χ0v) is 10.7. The van der Waals surface area contributed by atoms with Crippen molar-refractivity contribution in [3.8, 4) is 0 Å². The highest BCUT2D eigenvalue weighted by atomic mass is 32.2. The lowest BCUT2D eigenvalue weighted by Gasteiger charge is -2.32. The van der Waals surface area contributed by atoms with E-state index in [0.717, 1.165) is 6.54 Å². The lowest BCUT2D eigenvalue weighted by molar-refractivity contribution is 0.364. The van der Waals surface area contributed by atoms with E-state index in [0.29, 0.717) is 5.37 Å². The number of nitrogens with zero attached hydrogens (tertiary/aromatic N) is 1. The highest BCUT2D eigenvalue weighted by Gasteiger charge is 2.46. The SMILES string of the molecule is c1cc(C2(C3NCCS3)CCSN2)ns1. The van der Waals surface area contributed by atoms with E-state index in [1.54, 1.807) is 11.5 Å². The van der Waals surface area contributed by atoms with Crippen molar-refractivity contribution >= 4 is 35.2 Å². The van der Waals surface area contributed by atoms with E-state index in [1.807, 2.05) is 23.7 Å². The van der Waals surface area contributed by atoms with Gasteiger partial charge in [0.15, 0.2) is 0 Å². The molecule has 2 N–H and O–H groups in total. The summed E-state index contributed by atoms with van der Waals surface area (Å²) in [5.74, 6) is 2.39. The zero-order chi connectivity index (χ0) is 10.1. The maximum atomic E-state index is 4.53. The van der Waals surface area contributed by atoms with Crippen LogP contribution in [0.2, 0.25) is 0 Å². The molecule has 2 atom stereocenters. The molecule has 0 spiro atoms. The van der Waals surface area contributed by atoms with E-state index < -0.39 is 0 Å². The van der Waals surface area contributed by atoms with Gasteiger partial charge in [-0.1, -0.05) is 11.9 Å². The first-order valence-corrected chi connectivity index (χ1v) is 7.94. The second kappa shape index (κ2) is 4.25. The molecule has 2 aliphatic heterocycles. The number of hydrogen-bond donors (Lipinski definition) is 2.